The molecule has 0 heterocycles. The molecular weight excluding hydrogens is 322 g/mol. The molecule has 8 nitrogen and oxygen atoms in total. The number of benzene rings is 1. The number of anilines is 1. The molecule has 0 atom stereocenters. The number of carboxylic acid groups (broad SMARTS) is 1. The van der Waals surface area contributed by atoms with Crippen LogP contribution in [0.25, 0.3) is 0 Å². The number of amides is 2. The first kappa shape index (κ1) is 18.9. The molecule has 0 saturated heterocycles. The smallest absolute Gasteiger partial charge is 0.319 e. The van der Waals surface area contributed by atoms with Crippen LogP contribution in [-0.4, -0.2) is 50.5 Å². The third-order valence-electron chi connectivity index (χ3n) is 3.14. The highest BCUT2D eigenvalue weighted by Gasteiger charge is 2.21. The van der Waals surface area contributed by atoms with Crippen molar-refractivity contribution >= 4 is 27.7 Å². The highest BCUT2D eigenvalue weighted by atomic mass is 32.2. The van der Waals surface area contributed by atoms with E-state index in [2.05, 4.69) is 10.6 Å². The maximum absolute atomic E-state index is 12.2. The van der Waals surface area contributed by atoms with Crippen molar-refractivity contribution in [1.82, 2.24) is 9.62 Å². The number of nitrogens with one attached hydrogen (secondary N) is 2. The van der Waals surface area contributed by atoms with E-state index in [0.29, 0.717) is 17.7 Å². The van der Waals surface area contributed by atoms with Crippen LogP contribution in [-0.2, 0) is 14.8 Å². The zero-order valence-electron chi connectivity index (χ0n) is 13.3. The number of rotatable bonds is 7. The van der Waals surface area contributed by atoms with E-state index in [0.717, 1.165) is 4.31 Å². The van der Waals surface area contributed by atoms with Crippen molar-refractivity contribution in [3.05, 3.63) is 23.8 Å². The average Bonchev–Trinajstić information content (AvgIpc) is 2.45. The third kappa shape index (κ3) is 5.22. The summed E-state index contributed by atoms with van der Waals surface area (Å²) in [5.74, 6) is -0.926. The van der Waals surface area contributed by atoms with Crippen LogP contribution >= 0.6 is 0 Å². The first-order valence-corrected chi connectivity index (χ1v) is 8.39. The molecule has 0 aliphatic heterocycles. The fraction of sp³-hybridized carbons (Fsp3) is 0.429. The molecule has 0 aromatic heterocycles. The largest absolute Gasteiger partial charge is 0.481 e. The van der Waals surface area contributed by atoms with Crippen LogP contribution in [0.15, 0.2) is 23.1 Å². The summed E-state index contributed by atoms with van der Waals surface area (Å²) >= 11 is 0. The lowest BCUT2D eigenvalue weighted by Gasteiger charge is -2.16. The maximum Gasteiger partial charge on any atom is 0.319 e. The molecule has 1 aromatic rings. The molecule has 9 heteroatoms. The fourth-order valence-corrected chi connectivity index (χ4v) is 2.97. The number of carbonyl (C=O) groups excluding carboxylic acids is 1. The minimum absolute atomic E-state index is 0.0319. The van der Waals surface area contributed by atoms with Crippen LogP contribution in [0, 0.1) is 6.92 Å². The van der Waals surface area contributed by atoms with E-state index in [9.17, 15) is 18.0 Å². The molecule has 0 bridgehead atoms. The number of hydrogen-bond donors (Lipinski definition) is 3. The van der Waals surface area contributed by atoms with Crippen molar-refractivity contribution in [2.24, 2.45) is 0 Å². The van der Waals surface area contributed by atoms with E-state index in [1.165, 1.54) is 20.2 Å². The molecule has 23 heavy (non-hydrogen) atoms. The number of urea groups is 1. The van der Waals surface area contributed by atoms with Gasteiger partial charge in [-0.15, -0.1) is 0 Å². The standard InChI is InChI=1S/C14H21N3O5S/c1-10-11(16-14(20)15-9-5-8-13(18)19)6-4-7-12(10)23(21,22)17(2)3/h4,6-7H,5,8-9H2,1-3H3,(H,18,19)(H2,15,16,20). The number of aliphatic carboxylic acids is 1. The van der Waals surface area contributed by atoms with Gasteiger partial charge >= 0.3 is 12.0 Å². The van der Waals surface area contributed by atoms with Gasteiger partial charge in [-0.05, 0) is 31.0 Å². The molecule has 1 aromatic carbocycles. The second kappa shape index (κ2) is 7.93. The predicted molar refractivity (Wildman–Crippen MR) is 85.9 cm³/mol. The summed E-state index contributed by atoms with van der Waals surface area (Å²) < 4.78 is 25.5. The molecule has 0 saturated carbocycles. The summed E-state index contributed by atoms with van der Waals surface area (Å²) in [5, 5.41) is 13.6. The molecule has 2 amide bonds. The molecule has 0 radical (unpaired) electrons. The Balaban J connectivity index is 2.79. The van der Waals surface area contributed by atoms with Gasteiger partial charge in [-0.25, -0.2) is 17.5 Å². The van der Waals surface area contributed by atoms with E-state index in [1.807, 2.05) is 0 Å². The van der Waals surface area contributed by atoms with Crippen molar-refractivity contribution in [1.29, 1.82) is 0 Å². The molecule has 0 unspecified atom stereocenters. The van der Waals surface area contributed by atoms with Gasteiger partial charge in [0.2, 0.25) is 10.0 Å². The topological polar surface area (TPSA) is 116 Å². The van der Waals surface area contributed by atoms with Crippen LogP contribution in [0.3, 0.4) is 0 Å². The molecular formula is C14H21N3O5S. The van der Waals surface area contributed by atoms with Gasteiger partial charge in [0.05, 0.1) is 4.90 Å². The Hall–Kier alpha value is -2.13. The highest BCUT2D eigenvalue weighted by molar-refractivity contribution is 7.89. The summed E-state index contributed by atoms with van der Waals surface area (Å²) in [4.78, 5) is 22.3. The number of sulfonamides is 1. The maximum atomic E-state index is 12.2. The summed E-state index contributed by atoms with van der Waals surface area (Å²) in [7, 11) is -0.731. The summed E-state index contributed by atoms with van der Waals surface area (Å²) in [6.07, 6.45) is 0.284. The summed E-state index contributed by atoms with van der Waals surface area (Å²) in [5.41, 5.74) is 0.811. The number of carbonyl (C=O) groups is 2. The number of nitrogens with zero attached hydrogens (tertiary/aromatic N) is 1. The second-order valence-electron chi connectivity index (χ2n) is 5.09. The first-order chi connectivity index (χ1) is 10.7. The Bertz CT molecular complexity index is 686. The molecule has 0 aliphatic rings. The molecule has 0 fully saturated rings. The zero-order chi connectivity index (χ0) is 17.6. The SMILES string of the molecule is Cc1c(NC(=O)NCCCC(=O)O)cccc1S(=O)(=O)N(C)C. The van der Waals surface area contributed by atoms with Gasteiger partial charge in [0.25, 0.3) is 0 Å². The van der Waals surface area contributed by atoms with Crippen LogP contribution < -0.4 is 10.6 Å². The Labute approximate surface area is 135 Å². The van der Waals surface area contributed by atoms with Crippen molar-refractivity contribution in [2.45, 2.75) is 24.7 Å². The zero-order valence-corrected chi connectivity index (χ0v) is 14.1. The molecule has 0 spiro atoms. The van der Waals surface area contributed by atoms with Crippen LogP contribution in [0.5, 0.6) is 0 Å². The molecule has 0 aliphatic carbocycles. The van der Waals surface area contributed by atoms with Crippen molar-refractivity contribution in [3.63, 3.8) is 0 Å². The average molecular weight is 343 g/mol. The summed E-state index contributed by atoms with van der Waals surface area (Å²) in [6.45, 7) is 1.82. The summed E-state index contributed by atoms with van der Waals surface area (Å²) in [6, 6.07) is 4.10. The van der Waals surface area contributed by atoms with Crippen molar-refractivity contribution in [3.8, 4) is 0 Å². The van der Waals surface area contributed by atoms with Crippen molar-refractivity contribution in [2.75, 3.05) is 26.0 Å². The Morgan fingerprint density at radius 2 is 1.91 bits per heavy atom. The van der Waals surface area contributed by atoms with Gasteiger partial charge in [-0.3, -0.25) is 4.79 Å². The lowest BCUT2D eigenvalue weighted by molar-refractivity contribution is -0.137. The normalized spacial score (nSPS) is 11.3. The fourth-order valence-electron chi connectivity index (χ4n) is 1.83. The predicted octanol–water partition coefficient (Wildman–Crippen LogP) is 1.23. The Kier molecular flexibility index (Phi) is 6.52. The lowest BCUT2D eigenvalue weighted by atomic mass is 10.2. The van der Waals surface area contributed by atoms with Crippen LogP contribution in [0.1, 0.15) is 18.4 Å². The van der Waals surface area contributed by atoms with E-state index >= 15 is 0 Å². The Morgan fingerprint density at radius 3 is 2.48 bits per heavy atom. The lowest BCUT2D eigenvalue weighted by Crippen LogP contribution is -2.30. The number of carboxylic acids is 1. The highest BCUT2D eigenvalue weighted by Crippen LogP contribution is 2.24. The van der Waals surface area contributed by atoms with Crippen molar-refractivity contribution < 1.29 is 23.1 Å². The van der Waals surface area contributed by atoms with E-state index in [4.69, 9.17) is 5.11 Å². The van der Waals surface area contributed by atoms with Gasteiger partial charge in [0, 0.05) is 32.7 Å². The van der Waals surface area contributed by atoms with E-state index in [-0.39, 0.29) is 17.9 Å². The first-order valence-electron chi connectivity index (χ1n) is 6.95. The minimum Gasteiger partial charge on any atom is -0.481 e. The Morgan fingerprint density at radius 1 is 1.26 bits per heavy atom. The monoisotopic (exact) mass is 343 g/mol. The molecule has 1 rings (SSSR count). The third-order valence-corrected chi connectivity index (χ3v) is 5.10. The molecule has 128 valence electrons. The van der Waals surface area contributed by atoms with Crippen LogP contribution in [0.4, 0.5) is 10.5 Å². The van der Waals surface area contributed by atoms with E-state index in [1.54, 1.807) is 19.1 Å². The van der Waals surface area contributed by atoms with Gasteiger partial charge in [-0.2, -0.15) is 0 Å². The second-order valence-corrected chi connectivity index (χ2v) is 7.21. The molecule has 3 N–H and O–H groups in total. The van der Waals surface area contributed by atoms with Crippen LogP contribution in [0.2, 0.25) is 0 Å². The van der Waals surface area contributed by atoms with E-state index < -0.39 is 22.0 Å². The van der Waals surface area contributed by atoms with Gasteiger partial charge in [0.1, 0.15) is 0 Å². The number of hydrogen-bond acceptors (Lipinski definition) is 4. The minimum atomic E-state index is -3.60. The van der Waals surface area contributed by atoms with Gasteiger partial charge in [0.15, 0.2) is 0 Å². The quantitative estimate of drug-likeness (QED) is 0.644. The van der Waals surface area contributed by atoms with Gasteiger partial charge in [-0.1, -0.05) is 6.07 Å². The van der Waals surface area contributed by atoms with Gasteiger partial charge < -0.3 is 15.7 Å².